The lowest BCUT2D eigenvalue weighted by Gasteiger charge is -2.01. The predicted molar refractivity (Wildman–Crippen MR) is 53.8 cm³/mol. The van der Waals surface area contributed by atoms with Crippen LogP contribution in [0.1, 0.15) is 22.8 Å². The van der Waals surface area contributed by atoms with Crippen molar-refractivity contribution in [3.63, 3.8) is 0 Å². The van der Waals surface area contributed by atoms with Crippen molar-refractivity contribution in [1.82, 2.24) is 0 Å². The highest BCUT2D eigenvalue weighted by atomic mass is 127. The average molecular weight is 289 g/mol. The number of benzene rings is 1. The molecule has 0 bridgehead atoms. The summed E-state index contributed by atoms with van der Waals surface area (Å²) in [7, 11) is 0. The first kappa shape index (κ1) is 10.1. The van der Waals surface area contributed by atoms with Crippen LogP contribution in [0.4, 0.5) is 4.39 Å². The van der Waals surface area contributed by atoms with E-state index in [9.17, 15) is 9.18 Å². The molecule has 0 aliphatic heterocycles. The third-order valence-corrected chi connectivity index (χ3v) is 2.70. The van der Waals surface area contributed by atoms with E-state index >= 15 is 0 Å². The fraction of sp³-hybridized carbons (Fsp3) is 0.111. The smallest absolute Gasteiger partial charge is 0.161 e. The Morgan fingerprint density at radius 1 is 1.62 bits per heavy atom. The molecule has 1 aromatic carbocycles. The molecule has 0 amide bonds. The molecule has 0 atom stereocenters. The van der Waals surface area contributed by atoms with Crippen LogP contribution >= 0.6 is 22.6 Å². The maximum atomic E-state index is 12.8. The molecule has 0 N–H and O–H groups in total. The van der Waals surface area contributed by atoms with Crippen molar-refractivity contribution in [2.45, 2.75) is 6.92 Å². The van der Waals surface area contributed by atoms with Crippen LogP contribution in [0.5, 0.6) is 0 Å². The molecule has 1 aromatic rings. The highest BCUT2D eigenvalue weighted by Gasteiger charge is 2.11. The quantitative estimate of drug-likeness (QED) is 0.588. The first-order valence-electron chi connectivity index (χ1n) is 3.46. The Morgan fingerprint density at radius 2 is 2.23 bits per heavy atom. The van der Waals surface area contributed by atoms with E-state index in [1.165, 1.54) is 6.92 Å². The van der Waals surface area contributed by atoms with E-state index < -0.39 is 5.82 Å². The van der Waals surface area contributed by atoms with Crippen molar-refractivity contribution in [3.8, 4) is 6.07 Å². The summed E-state index contributed by atoms with van der Waals surface area (Å²) in [5.41, 5.74) is 0.461. The standard InChI is InChI=1S/C9H5FINO/c1-5(13)8-3-7(10)2-6(4-12)9(8)11/h2-3H,1H3. The third kappa shape index (κ3) is 2.04. The fourth-order valence-electron chi connectivity index (χ4n) is 0.927. The molecule has 0 heterocycles. The second-order valence-corrected chi connectivity index (χ2v) is 3.56. The summed E-state index contributed by atoms with van der Waals surface area (Å²) in [6.07, 6.45) is 0. The highest BCUT2D eigenvalue weighted by molar-refractivity contribution is 14.1. The van der Waals surface area contributed by atoms with Gasteiger partial charge in [-0.2, -0.15) is 5.26 Å². The van der Waals surface area contributed by atoms with Gasteiger partial charge in [0, 0.05) is 9.13 Å². The molecule has 1 rings (SSSR count). The van der Waals surface area contributed by atoms with Crippen molar-refractivity contribution >= 4 is 28.4 Å². The lowest BCUT2D eigenvalue weighted by Crippen LogP contribution is -1.99. The summed E-state index contributed by atoms with van der Waals surface area (Å²) < 4.78 is 13.4. The molecule has 0 unspecified atom stereocenters. The van der Waals surface area contributed by atoms with Crippen molar-refractivity contribution < 1.29 is 9.18 Å². The summed E-state index contributed by atoms with van der Waals surface area (Å²) in [6, 6.07) is 4.09. The minimum atomic E-state index is -0.554. The van der Waals surface area contributed by atoms with Crippen LogP contribution in [-0.2, 0) is 0 Å². The minimum Gasteiger partial charge on any atom is -0.294 e. The van der Waals surface area contributed by atoms with Gasteiger partial charge < -0.3 is 0 Å². The van der Waals surface area contributed by atoms with Crippen LogP contribution < -0.4 is 0 Å². The van der Waals surface area contributed by atoms with Gasteiger partial charge in [0.2, 0.25) is 0 Å². The van der Waals surface area contributed by atoms with Gasteiger partial charge in [0.15, 0.2) is 5.78 Å². The fourth-order valence-corrected chi connectivity index (χ4v) is 1.74. The maximum absolute atomic E-state index is 12.8. The van der Waals surface area contributed by atoms with Crippen LogP contribution in [0.3, 0.4) is 0 Å². The molecule has 0 aliphatic rings. The Bertz CT molecular complexity index is 409. The van der Waals surface area contributed by atoms with E-state index in [1.807, 2.05) is 28.7 Å². The summed E-state index contributed by atoms with van der Waals surface area (Å²) in [5, 5.41) is 8.62. The zero-order chi connectivity index (χ0) is 10.0. The number of rotatable bonds is 1. The maximum Gasteiger partial charge on any atom is 0.161 e. The monoisotopic (exact) mass is 289 g/mol. The van der Waals surface area contributed by atoms with Gasteiger partial charge in [0.25, 0.3) is 0 Å². The molecule has 0 spiro atoms. The molecular weight excluding hydrogens is 284 g/mol. The number of ketones is 1. The van der Waals surface area contributed by atoms with Gasteiger partial charge in [-0.15, -0.1) is 0 Å². The van der Waals surface area contributed by atoms with Gasteiger partial charge in [-0.1, -0.05) is 0 Å². The van der Waals surface area contributed by atoms with Crippen molar-refractivity contribution in [3.05, 3.63) is 32.6 Å². The number of carbonyl (C=O) groups excluding carboxylic acids is 1. The number of nitrogens with zero attached hydrogens (tertiary/aromatic N) is 1. The van der Waals surface area contributed by atoms with Gasteiger partial charge in [0.1, 0.15) is 11.9 Å². The number of hydrogen-bond donors (Lipinski definition) is 0. The van der Waals surface area contributed by atoms with Gasteiger partial charge in [-0.3, -0.25) is 4.79 Å². The zero-order valence-corrected chi connectivity index (χ0v) is 8.92. The second kappa shape index (κ2) is 3.83. The van der Waals surface area contributed by atoms with Crippen LogP contribution in [0, 0.1) is 20.7 Å². The number of Topliss-reactive ketones (excluding diaryl/α,β-unsaturated/α-hetero) is 1. The SMILES string of the molecule is CC(=O)c1cc(F)cc(C#N)c1I. The second-order valence-electron chi connectivity index (χ2n) is 2.48. The summed E-state index contributed by atoms with van der Waals surface area (Å²) in [4.78, 5) is 11.0. The topological polar surface area (TPSA) is 40.9 Å². The lowest BCUT2D eigenvalue weighted by molar-refractivity contribution is 0.101. The van der Waals surface area contributed by atoms with Gasteiger partial charge in [0.05, 0.1) is 5.56 Å². The number of nitriles is 1. The largest absolute Gasteiger partial charge is 0.294 e. The minimum absolute atomic E-state index is 0.200. The summed E-state index contributed by atoms with van der Waals surface area (Å²) in [6.45, 7) is 1.35. The van der Waals surface area contributed by atoms with Gasteiger partial charge in [-0.25, -0.2) is 4.39 Å². The Labute approximate surface area is 88.5 Å². The van der Waals surface area contributed by atoms with E-state index in [4.69, 9.17) is 5.26 Å². The molecule has 2 nitrogen and oxygen atoms in total. The third-order valence-electron chi connectivity index (χ3n) is 1.54. The number of halogens is 2. The van der Waals surface area contributed by atoms with E-state index in [2.05, 4.69) is 0 Å². The van der Waals surface area contributed by atoms with Crippen molar-refractivity contribution in [1.29, 1.82) is 5.26 Å². The average Bonchev–Trinajstić information content (AvgIpc) is 2.08. The van der Waals surface area contributed by atoms with E-state index in [0.29, 0.717) is 3.57 Å². The first-order chi connectivity index (χ1) is 6.06. The van der Waals surface area contributed by atoms with Crippen molar-refractivity contribution in [2.24, 2.45) is 0 Å². The molecule has 0 fully saturated rings. The lowest BCUT2D eigenvalue weighted by atomic mass is 10.1. The molecule has 66 valence electrons. The molecule has 0 saturated heterocycles. The van der Waals surface area contributed by atoms with Crippen LogP contribution in [0.2, 0.25) is 0 Å². The van der Waals surface area contributed by atoms with Gasteiger partial charge >= 0.3 is 0 Å². The highest BCUT2D eigenvalue weighted by Crippen LogP contribution is 2.19. The van der Waals surface area contributed by atoms with Crippen LogP contribution in [0.25, 0.3) is 0 Å². The molecule has 0 aliphatic carbocycles. The molecular formula is C9H5FINO. The van der Waals surface area contributed by atoms with Crippen LogP contribution in [-0.4, -0.2) is 5.78 Å². The molecule has 0 saturated carbocycles. The Morgan fingerprint density at radius 3 is 2.69 bits per heavy atom. The predicted octanol–water partition coefficient (Wildman–Crippen LogP) is 2.50. The zero-order valence-electron chi connectivity index (χ0n) is 6.77. The normalized spacial score (nSPS) is 9.38. The summed E-state index contributed by atoms with van der Waals surface area (Å²) in [5.74, 6) is -0.789. The Hall–Kier alpha value is -0.960. The van der Waals surface area contributed by atoms with Crippen molar-refractivity contribution in [2.75, 3.05) is 0 Å². The molecule has 0 radical (unpaired) electrons. The molecule has 13 heavy (non-hydrogen) atoms. The Kier molecular flexibility index (Phi) is 2.98. The first-order valence-corrected chi connectivity index (χ1v) is 4.54. The van der Waals surface area contributed by atoms with E-state index in [1.54, 1.807) is 0 Å². The van der Waals surface area contributed by atoms with Gasteiger partial charge in [-0.05, 0) is 41.6 Å². The number of carbonyl (C=O) groups is 1. The molecule has 0 aromatic heterocycles. The van der Waals surface area contributed by atoms with E-state index in [-0.39, 0.29) is 16.9 Å². The van der Waals surface area contributed by atoms with Crippen LogP contribution in [0.15, 0.2) is 12.1 Å². The number of hydrogen-bond acceptors (Lipinski definition) is 2. The molecule has 4 heteroatoms. The Balaban J connectivity index is 3.47. The van der Waals surface area contributed by atoms with E-state index in [0.717, 1.165) is 12.1 Å². The summed E-state index contributed by atoms with van der Waals surface area (Å²) >= 11 is 1.86.